The zero-order chi connectivity index (χ0) is 19.4. The first-order valence-corrected chi connectivity index (χ1v) is 9.09. The number of hydrogen-bond acceptors (Lipinski definition) is 3. The molecule has 136 valence electrons. The lowest BCUT2D eigenvalue weighted by molar-refractivity contribution is 0.102. The van der Waals surface area contributed by atoms with Crippen LogP contribution in [-0.4, -0.2) is 15.9 Å². The van der Waals surface area contributed by atoms with Crippen LogP contribution in [0.3, 0.4) is 0 Å². The van der Waals surface area contributed by atoms with Gasteiger partial charge >= 0.3 is 0 Å². The van der Waals surface area contributed by atoms with E-state index in [2.05, 4.69) is 31.2 Å². The van der Waals surface area contributed by atoms with Crippen molar-refractivity contribution < 1.29 is 9.18 Å². The van der Waals surface area contributed by atoms with Gasteiger partial charge in [-0.3, -0.25) is 9.78 Å². The van der Waals surface area contributed by atoms with Crippen LogP contribution < -0.4 is 5.32 Å². The molecule has 0 bridgehead atoms. The molecule has 4 nitrogen and oxygen atoms in total. The second-order valence-corrected chi connectivity index (χ2v) is 6.81. The molecule has 27 heavy (non-hydrogen) atoms. The van der Waals surface area contributed by atoms with Crippen molar-refractivity contribution in [3.63, 3.8) is 0 Å². The summed E-state index contributed by atoms with van der Waals surface area (Å²) in [7, 11) is 0. The minimum Gasteiger partial charge on any atom is -0.307 e. The third-order valence-corrected chi connectivity index (χ3v) is 4.69. The van der Waals surface area contributed by atoms with Crippen molar-refractivity contribution in [2.45, 2.75) is 13.8 Å². The fourth-order valence-electron chi connectivity index (χ4n) is 2.67. The third kappa shape index (κ3) is 4.28. The molecule has 2 aromatic heterocycles. The Balaban J connectivity index is 1.79. The van der Waals surface area contributed by atoms with E-state index in [1.807, 2.05) is 43.3 Å². The van der Waals surface area contributed by atoms with Crippen LogP contribution in [0.1, 0.15) is 34.0 Å². The largest absolute Gasteiger partial charge is 0.307 e. The van der Waals surface area contributed by atoms with Gasteiger partial charge in [-0.15, -0.1) is 0 Å². The SMILES string of the molecule is CC=C(c1ccc(Br)cc1)c1ccc(NC(=O)c2cncc(F)c2C)nc1. The Hall–Kier alpha value is -2.86. The van der Waals surface area contributed by atoms with Gasteiger partial charge in [0.1, 0.15) is 11.6 Å². The number of hydrogen-bond donors (Lipinski definition) is 1. The van der Waals surface area contributed by atoms with Crippen LogP contribution in [0.5, 0.6) is 0 Å². The van der Waals surface area contributed by atoms with Crippen LogP contribution in [0.4, 0.5) is 10.2 Å². The fraction of sp³-hybridized carbons (Fsp3) is 0.0952. The van der Waals surface area contributed by atoms with Gasteiger partial charge in [-0.25, -0.2) is 9.37 Å². The van der Waals surface area contributed by atoms with Crippen molar-refractivity contribution in [2.75, 3.05) is 5.32 Å². The molecule has 0 unspecified atom stereocenters. The smallest absolute Gasteiger partial charge is 0.258 e. The number of halogens is 2. The number of rotatable bonds is 4. The molecule has 1 aromatic carbocycles. The maximum absolute atomic E-state index is 13.6. The summed E-state index contributed by atoms with van der Waals surface area (Å²) >= 11 is 3.43. The first-order chi connectivity index (χ1) is 13.0. The molecule has 0 radical (unpaired) electrons. The van der Waals surface area contributed by atoms with Crippen molar-refractivity contribution in [2.24, 2.45) is 0 Å². The number of carbonyl (C=O) groups excluding carboxylic acids is 1. The van der Waals surface area contributed by atoms with E-state index >= 15 is 0 Å². The molecule has 2 heterocycles. The van der Waals surface area contributed by atoms with Crippen LogP contribution in [0.2, 0.25) is 0 Å². The number of carbonyl (C=O) groups is 1. The molecule has 3 rings (SSSR count). The zero-order valence-electron chi connectivity index (χ0n) is 14.8. The van der Waals surface area contributed by atoms with E-state index in [9.17, 15) is 9.18 Å². The molecule has 0 atom stereocenters. The van der Waals surface area contributed by atoms with E-state index in [0.29, 0.717) is 5.82 Å². The Kier molecular flexibility index (Phi) is 5.76. The summed E-state index contributed by atoms with van der Waals surface area (Å²) in [5.74, 6) is -0.573. The van der Waals surface area contributed by atoms with Crippen LogP contribution in [-0.2, 0) is 0 Å². The predicted molar refractivity (Wildman–Crippen MR) is 108 cm³/mol. The van der Waals surface area contributed by atoms with Gasteiger partial charge in [0.25, 0.3) is 5.91 Å². The maximum Gasteiger partial charge on any atom is 0.258 e. The molecule has 0 spiro atoms. The minimum absolute atomic E-state index is 0.185. The number of nitrogens with zero attached hydrogens (tertiary/aromatic N) is 2. The Labute approximate surface area is 165 Å². The number of benzene rings is 1. The number of aromatic nitrogens is 2. The molecule has 0 fully saturated rings. The second kappa shape index (κ2) is 8.22. The number of amides is 1. The van der Waals surface area contributed by atoms with E-state index in [1.54, 1.807) is 19.2 Å². The lowest BCUT2D eigenvalue weighted by atomic mass is 9.99. The van der Waals surface area contributed by atoms with E-state index in [-0.39, 0.29) is 11.1 Å². The second-order valence-electron chi connectivity index (χ2n) is 5.89. The lowest BCUT2D eigenvalue weighted by Crippen LogP contribution is -2.15. The van der Waals surface area contributed by atoms with Crippen molar-refractivity contribution >= 4 is 33.2 Å². The number of allylic oxidation sites excluding steroid dienone is 1. The molecule has 6 heteroatoms. The van der Waals surface area contributed by atoms with Gasteiger partial charge in [-0.1, -0.05) is 34.1 Å². The summed E-state index contributed by atoms with van der Waals surface area (Å²) < 4.78 is 14.6. The van der Waals surface area contributed by atoms with Gasteiger partial charge in [0.15, 0.2) is 0 Å². The summed E-state index contributed by atoms with van der Waals surface area (Å²) in [5.41, 5.74) is 3.48. The van der Waals surface area contributed by atoms with E-state index in [0.717, 1.165) is 27.4 Å². The van der Waals surface area contributed by atoms with Gasteiger partial charge in [-0.05, 0) is 49.2 Å². The molecule has 3 aromatic rings. The fourth-order valence-corrected chi connectivity index (χ4v) is 2.93. The highest BCUT2D eigenvalue weighted by molar-refractivity contribution is 9.10. The summed E-state index contributed by atoms with van der Waals surface area (Å²) in [5, 5.41) is 2.68. The molecule has 0 aliphatic carbocycles. The lowest BCUT2D eigenvalue weighted by Gasteiger charge is -2.10. The zero-order valence-corrected chi connectivity index (χ0v) is 16.4. The topological polar surface area (TPSA) is 54.9 Å². The normalized spacial score (nSPS) is 11.3. The maximum atomic E-state index is 13.6. The van der Waals surface area contributed by atoms with Crippen LogP contribution in [0.15, 0.2) is 65.5 Å². The van der Waals surface area contributed by atoms with E-state index in [4.69, 9.17) is 0 Å². The van der Waals surface area contributed by atoms with Crippen molar-refractivity contribution in [3.8, 4) is 0 Å². The molecular formula is C21H17BrFN3O. The van der Waals surface area contributed by atoms with Gasteiger partial charge in [0.2, 0.25) is 0 Å². The first kappa shape index (κ1) is 18.9. The average molecular weight is 426 g/mol. The van der Waals surface area contributed by atoms with Crippen molar-refractivity contribution in [1.82, 2.24) is 9.97 Å². The molecule has 0 saturated carbocycles. The number of pyridine rings is 2. The van der Waals surface area contributed by atoms with E-state index < -0.39 is 11.7 Å². The molecule has 0 aliphatic rings. The highest BCUT2D eigenvalue weighted by Crippen LogP contribution is 2.25. The summed E-state index contributed by atoms with van der Waals surface area (Å²) in [6.45, 7) is 3.51. The van der Waals surface area contributed by atoms with Gasteiger partial charge in [0, 0.05) is 28.0 Å². The average Bonchev–Trinajstić information content (AvgIpc) is 2.67. The van der Waals surface area contributed by atoms with Gasteiger partial charge in [-0.2, -0.15) is 0 Å². The van der Waals surface area contributed by atoms with Crippen LogP contribution in [0, 0.1) is 12.7 Å². The Morgan fingerprint density at radius 3 is 2.41 bits per heavy atom. The standard InChI is InChI=1S/C21H17BrFN3O/c1-3-17(14-4-7-16(22)8-5-14)15-6-9-20(25-10-15)26-21(27)18-11-24-12-19(23)13(18)2/h3-12H,1-2H3,(H,25,26,27). The molecule has 0 aliphatic heterocycles. The Morgan fingerprint density at radius 1 is 1.07 bits per heavy atom. The summed E-state index contributed by atoms with van der Waals surface area (Å²) in [6.07, 6.45) is 6.14. The predicted octanol–water partition coefficient (Wildman–Crippen LogP) is 5.39. The molecule has 1 amide bonds. The van der Waals surface area contributed by atoms with Gasteiger partial charge < -0.3 is 5.32 Å². The monoisotopic (exact) mass is 425 g/mol. The molecule has 1 N–H and O–H groups in total. The van der Waals surface area contributed by atoms with E-state index in [1.165, 1.54) is 6.20 Å². The number of nitrogens with one attached hydrogen (secondary N) is 1. The van der Waals surface area contributed by atoms with Gasteiger partial charge in [0.05, 0.1) is 11.8 Å². The van der Waals surface area contributed by atoms with Crippen LogP contribution >= 0.6 is 15.9 Å². The first-order valence-electron chi connectivity index (χ1n) is 8.29. The van der Waals surface area contributed by atoms with Crippen LogP contribution in [0.25, 0.3) is 5.57 Å². The quantitative estimate of drug-likeness (QED) is 0.609. The summed E-state index contributed by atoms with van der Waals surface area (Å²) in [6, 6.07) is 11.6. The Morgan fingerprint density at radius 2 is 1.78 bits per heavy atom. The molecular weight excluding hydrogens is 409 g/mol. The third-order valence-electron chi connectivity index (χ3n) is 4.16. The highest BCUT2D eigenvalue weighted by Gasteiger charge is 2.13. The summed E-state index contributed by atoms with van der Waals surface area (Å²) in [4.78, 5) is 20.4. The number of anilines is 1. The Bertz CT molecular complexity index is 999. The van der Waals surface area contributed by atoms with Crippen molar-refractivity contribution in [3.05, 3.63) is 93.6 Å². The molecule has 0 saturated heterocycles. The van der Waals surface area contributed by atoms with Crippen molar-refractivity contribution in [1.29, 1.82) is 0 Å². The highest BCUT2D eigenvalue weighted by atomic mass is 79.9. The minimum atomic E-state index is -0.516.